The van der Waals surface area contributed by atoms with Crippen molar-refractivity contribution in [3.8, 4) is 0 Å². The van der Waals surface area contributed by atoms with Gasteiger partial charge in [-0.1, -0.05) is 34.1 Å². The summed E-state index contributed by atoms with van der Waals surface area (Å²) in [5, 5.41) is 0. The molecule has 0 atom stereocenters. The summed E-state index contributed by atoms with van der Waals surface area (Å²) in [5.74, 6) is 0.0454. The maximum atomic E-state index is 11.9. The van der Waals surface area contributed by atoms with Crippen molar-refractivity contribution in [3.63, 3.8) is 0 Å². The van der Waals surface area contributed by atoms with E-state index in [9.17, 15) is 4.79 Å². The van der Waals surface area contributed by atoms with Gasteiger partial charge in [-0.15, -0.1) is 0 Å². The number of hydrogen-bond acceptors (Lipinski definition) is 2. The molecule has 17 heavy (non-hydrogen) atoms. The van der Waals surface area contributed by atoms with Crippen LogP contribution in [0.1, 0.15) is 5.56 Å². The van der Waals surface area contributed by atoms with Crippen molar-refractivity contribution in [2.45, 2.75) is 0 Å². The molecule has 4 heteroatoms. The van der Waals surface area contributed by atoms with Crippen molar-refractivity contribution in [1.82, 2.24) is 4.90 Å². The summed E-state index contributed by atoms with van der Waals surface area (Å²) < 4.78 is 6.20. The summed E-state index contributed by atoms with van der Waals surface area (Å²) in [5.41, 5.74) is 1.01. The van der Waals surface area contributed by atoms with Gasteiger partial charge in [0.05, 0.1) is 13.2 Å². The van der Waals surface area contributed by atoms with Gasteiger partial charge in [-0.3, -0.25) is 4.79 Å². The van der Waals surface area contributed by atoms with Crippen LogP contribution in [0.3, 0.4) is 0 Å². The minimum atomic E-state index is 0.0454. The number of amides is 1. The second-order valence-electron chi connectivity index (χ2n) is 3.79. The normalized spacial score (nSPS) is 16.4. The Hall–Kier alpha value is -1.13. The Balaban J connectivity index is 2.00. The van der Waals surface area contributed by atoms with Crippen LogP contribution < -0.4 is 0 Å². The second-order valence-corrected chi connectivity index (χ2v) is 4.65. The van der Waals surface area contributed by atoms with Gasteiger partial charge in [0.2, 0.25) is 5.91 Å². The molecule has 1 amide bonds. The summed E-state index contributed by atoms with van der Waals surface area (Å²) in [7, 11) is 0. The van der Waals surface area contributed by atoms with Crippen molar-refractivity contribution in [2.75, 3.05) is 26.3 Å². The van der Waals surface area contributed by atoms with Gasteiger partial charge in [-0.25, -0.2) is 0 Å². The lowest BCUT2D eigenvalue weighted by molar-refractivity contribution is -0.129. The van der Waals surface area contributed by atoms with Gasteiger partial charge in [0.1, 0.15) is 0 Å². The quantitative estimate of drug-likeness (QED) is 0.784. The molecule has 3 nitrogen and oxygen atoms in total. The Morgan fingerprint density at radius 3 is 2.71 bits per heavy atom. The van der Waals surface area contributed by atoms with Crippen LogP contribution >= 0.6 is 15.9 Å². The van der Waals surface area contributed by atoms with Crippen LogP contribution in [0.15, 0.2) is 34.8 Å². The number of hydrogen-bond donors (Lipinski definition) is 0. The molecule has 0 N–H and O–H groups in total. The van der Waals surface area contributed by atoms with E-state index >= 15 is 0 Å². The van der Waals surface area contributed by atoms with E-state index in [1.54, 1.807) is 11.0 Å². The summed E-state index contributed by atoms with van der Waals surface area (Å²) in [6.45, 7) is 2.63. The highest BCUT2D eigenvalue weighted by molar-refractivity contribution is 9.10. The molecule has 0 spiro atoms. The Labute approximate surface area is 109 Å². The van der Waals surface area contributed by atoms with Crippen LogP contribution in [0.5, 0.6) is 0 Å². The molecule has 0 unspecified atom stereocenters. The molecule has 90 valence electrons. The van der Waals surface area contributed by atoms with E-state index in [0.29, 0.717) is 26.3 Å². The van der Waals surface area contributed by atoms with Gasteiger partial charge in [0, 0.05) is 23.6 Å². The van der Waals surface area contributed by atoms with Gasteiger partial charge < -0.3 is 9.64 Å². The molecule has 2 rings (SSSR count). The fourth-order valence-corrected chi connectivity index (χ4v) is 2.08. The number of carbonyl (C=O) groups is 1. The number of morpholine rings is 1. The van der Waals surface area contributed by atoms with Crippen molar-refractivity contribution in [2.24, 2.45) is 0 Å². The Morgan fingerprint density at radius 2 is 2.00 bits per heavy atom. The standard InChI is InChI=1S/C13H14BrNO2/c14-12-4-2-1-3-11(12)5-6-13(16)15-7-9-17-10-8-15/h1-6H,7-10H2/b6-5+. The first-order valence-electron chi connectivity index (χ1n) is 5.56. The number of benzene rings is 1. The Morgan fingerprint density at radius 1 is 1.29 bits per heavy atom. The zero-order chi connectivity index (χ0) is 12.1. The van der Waals surface area contributed by atoms with Crippen molar-refractivity contribution in [1.29, 1.82) is 0 Å². The predicted octanol–water partition coefficient (Wildman–Crippen LogP) is 2.32. The Kier molecular flexibility index (Phi) is 4.34. The van der Waals surface area contributed by atoms with Crippen molar-refractivity contribution >= 4 is 27.9 Å². The van der Waals surface area contributed by atoms with E-state index in [2.05, 4.69) is 15.9 Å². The van der Waals surface area contributed by atoms with Gasteiger partial charge in [0.15, 0.2) is 0 Å². The molecule has 1 saturated heterocycles. The van der Waals surface area contributed by atoms with Gasteiger partial charge >= 0.3 is 0 Å². The van der Waals surface area contributed by atoms with Crippen molar-refractivity contribution < 1.29 is 9.53 Å². The maximum absolute atomic E-state index is 11.9. The van der Waals surface area contributed by atoms with E-state index < -0.39 is 0 Å². The summed E-state index contributed by atoms with van der Waals surface area (Å²) >= 11 is 3.45. The monoisotopic (exact) mass is 295 g/mol. The summed E-state index contributed by atoms with van der Waals surface area (Å²) in [6, 6.07) is 7.82. The third kappa shape index (κ3) is 3.41. The number of rotatable bonds is 2. The minimum absolute atomic E-state index is 0.0454. The van der Waals surface area contributed by atoms with Gasteiger partial charge in [-0.2, -0.15) is 0 Å². The molecule has 0 saturated carbocycles. The van der Waals surface area contributed by atoms with Crippen LogP contribution in [0.25, 0.3) is 6.08 Å². The predicted molar refractivity (Wildman–Crippen MR) is 70.6 cm³/mol. The molecule has 1 fully saturated rings. The Bertz CT molecular complexity index is 425. The molecule has 0 aromatic heterocycles. The lowest BCUT2D eigenvalue weighted by Crippen LogP contribution is -2.39. The summed E-state index contributed by atoms with van der Waals surface area (Å²) in [4.78, 5) is 13.7. The first-order chi connectivity index (χ1) is 8.27. The van der Waals surface area contributed by atoms with Gasteiger partial charge in [-0.05, 0) is 17.7 Å². The molecule has 1 aliphatic rings. The van der Waals surface area contributed by atoms with Crippen molar-refractivity contribution in [3.05, 3.63) is 40.4 Å². The van der Waals surface area contributed by atoms with E-state index in [1.807, 2.05) is 30.3 Å². The third-order valence-electron chi connectivity index (χ3n) is 2.63. The topological polar surface area (TPSA) is 29.5 Å². The van der Waals surface area contributed by atoms with E-state index in [-0.39, 0.29) is 5.91 Å². The molecule has 1 aromatic rings. The zero-order valence-corrected chi connectivity index (χ0v) is 11.0. The molecule has 0 bridgehead atoms. The molecule has 1 aliphatic heterocycles. The van der Waals surface area contributed by atoms with E-state index in [0.717, 1.165) is 10.0 Å². The molecule has 0 aliphatic carbocycles. The van der Waals surface area contributed by atoms with Gasteiger partial charge in [0.25, 0.3) is 0 Å². The lowest BCUT2D eigenvalue weighted by Gasteiger charge is -2.25. The average Bonchev–Trinajstić information content (AvgIpc) is 2.38. The number of halogens is 1. The zero-order valence-electron chi connectivity index (χ0n) is 9.43. The fourth-order valence-electron chi connectivity index (χ4n) is 1.66. The number of ether oxygens (including phenoxy) is 1. The second kappa shape index (κ2) is 5.98. The fraction of sp³-hybridized carbons (Fsp3) is 0.308. The molecular formula is C13H14BrNO2. The number of nitrogens with zero attached hydrogens (tertiary/aromatic N) is 1. The highest BCUT2D eigenvalue weighted by atomic mass is 79.9. The van der Waals surface area contributed by atoms with Crippen LogP contribution in [-0.4, -0.2) is 37.1 Å². The highest BCUT2D eigenvalue weighted by Gasteiger charge is 2.13. The van der Waals surface area contributed by atoms with Crippen LogP contribution in [0, 0.1) is 0 Å². The first-order valence-corrected chi connectivity index (χ1v) is 6.36. The van der Waals surface area contributed by atoms with Crippen LogP contribution in [0.2, 0.25) is 0 Å². The summed E-state index contributed by atoms with van der Waals surface area (Å²) in [6.07, 6.45) is 3.45. The first kappa shape index (κ1) is 12.3. The highest BCUT2D eigenvalue weighted by Crippen LogP contribution is 2.17. The maximum Gasteiger partial charge on any atom is 0.246 e. The largest absolute Gasteiger partial charge is 0.378 e. The molecule has 0 radical (unpaired) electrons. The minimum Gasteiger partial charge on any atom is -0.378 e. The van der Waals surface area contributed by atoms with E-state index in [1.165, 1.54) is 0 Å². The molecule has 1 aromatic carbocycles. The van der Waals surface area contributed by atoms with Crippen LogP contribution in [0.4, 0.5) is 0 Å². The van der Waals surface area contributed by atoms with Crippen LogP contribution in [-0.2, 0) is 9.53 Å². The smallest absolute Gasteiger partial charge is 0.246 e. The lowest BCUT2D eigenvalue weighted by atomic mass is 10.2. The van der Waals surface area contributed by atoms with E-state index in [4.69, 9.17) is 4.74 Å². The molecule has 1 heterocycles. The number of carbonyl (C=O) groups excluding carboxylic acids is 1. The average molecular weight is 296 g/mol. The third-order valence-corrected chi connectivity index (χ3v) is 3.36. The molecular weight excluding hydrogens is 282 g/mol. The SMILES string of the molecule is O=C(/C=C/c1ccccc1Br)N1CCOCC1.